The van der Waals surface area contributed by atoms with Crippen LogP contribution in [0.5, 0.6) is 0 Å². The van der Waals surface area contributed by atoms with Gasteiger partial charge in [-0.15, -0.1) is 0 Å². The molecule has 0 heterocycles. The van der Waals surface area contributed by atoms with E-state index in [9.17, 15) is 14.4 Å². The van der Waals surface area contributed by atoms with Gasteiger partial charge in [0.05, 0.1) is 31.7 Å². The first-order chi connectivity index (χ1) is 12.7. The van der Waals surface area contributed by atoms with Crippen molar-refractivity contribution in [2.45, 2.75) is 59.0 Å². The van der Waals surface area contributed by atoms with E-state index in [-0.39, 0.29) is 58.1 Å². The van der Waals surface area contributed by atoms with Gasteiger partial charge in [-0.3, -0.25) is 14.4 Å². The van der Waals surface area contributed by atoms with Gasteiger partial charge in [-0.25, -0.2) is 19.6 Å². The molecular weight excluding hydrogens is 364 g/mol. The van der Waals surface area contributed by atoms with Crippen LogP contribution in [0.15, 0.2) is 0 Å². The first kappa shape index (κ1) is 25.2. The van der Waals surface area contributed by atoms with Crippen LogP contribution < -0.4 is 0 Å². The summed E-state index contributed by atoms with van der Waals surface area (Å²) in [4.78, 5) is 52.5. The lowest BCUT2D eigenvalue weighted by Gasteiger charge is -2.22. The van der Waals surface area contributed by atoms with Gasteiger partial charge in [0.15, 0.2) is 0 Å². The summed E-state index contributed by atoms with van der Waals surface area (Å²) in [5.41, 5.74) is -0.622. The minimum Gasteiger partial charge on any atom is -0.481 e. The molecule has 0 aliphatic heterocycles. The Hall–Kier alpha value is -1.75. The smallest absolute Gasteiger partial charge is 0.311 e. The zero-order valence-electron chi connectivity index (χ0n) is 16.1. The first-order valence-corrected chi connectivity index (χ1v) is 8.82. The molecule has 0 spiro atoms. The van der Waals surface area contributed by atoms with Crippen molar-refractivity contribution in [3.63, 3.8) is 0 Å². The largest absolute Gasteiger partial charge is 0.481 e. The van der Waals surface area contributed by atoms with Gasteiger partial charge in [-0.05, 0) is 26.7 Å². The predicted octanol–water partition coefficient (Wildman–Crippen LogP) is 1.96. The minimum atomic E-state index is -1.000. The maximum atomic E-state index is 12.0. The van der Waals surface area contributed by atoms with Crippen LogP contribution in [0.25, 0.3) is 0 Å². The number of carboxylic acids is 2. The zero-order valence-corrected chi connectivity index (χ0v) is 16.1. The van der Waals surface area contributed by atoms with Gasteiger partial charge in [-0.2, -0.15) is 0 Å². The number of rotatable bonds is 17. The van der Waals surface area contributed by atoms with Crippen molar-refractivity contribution >= 4 is 17.9 Å². The molecule has 0 aliphatic rings. The number of aliphatic carboxylic acids is 2. The maximum absolute atomic E-state index is 12.0. The summed E-state index contributed by atoms with van der Waals surface area (Å²) in [5, 5.41) is 17.1. The number of hydrogen-bond acceptors (Lipinski definition) is 8. The highest BCUT2D eigenvalue weighted by Crippen LogP contribution is 2.21. The topological polar surface area (TPSA) is 138 Å². The van der Waals surface area contributed by atoms with E-state index in [2.05, 4.69) is 0 Å². The van der Waals surface area contributed by atoms with Crippen LogP contribution in [-0.2, 0) is 38.7 Å². The van der Waals surface area contributed by atoms with Gasteiger partial charge in [0, 0.05) is 12.8 Å². The normalized spacial score (nSPS) is 12.6. The fraction of sp³-hybridized carbons (Fsp3) is 0.824. The molecule has 0 aromatic heterocycles. The number of hydrogen-bond donors (Lipinski definition) is 2. The highest BCUT2D eigenvalue weighted by atomic mass is 17.2. The van der Waals surface area contributed by atoms with E-state index in [1.54, 1.807) is 13.8 Å². The Morgan fingerprint density at radius 3 is 2.15 bits per heavy atom. The first-order valence-electron chi connectivity index (χ1n) is 8.82. The van der Waals surface area contributed by atoms with Gasteiger partial charge in [0.2, 0.25) is 0 Å². The lowest BCUT2D eigenvalue weighted by atomic mass is 9.91. The fourth-order valence-electron chi connectivity index (χ4n) is 1.52. The monoisotopic (exact) mass is 394 g/mol. The van der Waals surface area contributed by atoms with E-state index in [4.69, 9.17) is 34.5 Å². The second-order valence-electron chi connectivity index (χ2n) is 6.45. The molecule has 10 nitrogen and oxygen atoms in total. The Morgan fingerprint density at radius 1 is 0.926 bits per heavy atom. The number of carbonyl (C=O) groups excluding carboxylic acids is 1. The van der Waals surface area contributed by atoms with Crippen LogP contribution in [0.1, 0.15) is 52.9 Å². The van der Waals surface area contributed by atoms with E-state index in [0.29, 0.717) is 6.42 Å². The Bertz CT molecular complexity index is 449. The average molecular weight is 394 g/mol. The van der Waals surface area contributed by atoms with E-state index in [1.165, 1.54) is 0 Å². The lowest BCUT2D eigenvalue weighted by molar-refractivity contribution is -0.342. The molecule has 0 aromatic rings. The third kappa shape index (κ3) is 14.0. The van der Waals surface area contributed by atoms with Gasteiger partial charge in [0.25, 0.3) is 0 Å². The molecule has 10 heteroatoms. The van der Waals surface area contributed by atoms with Crippen molar-refractivity contribution in [3.05, 3.63) is 0 Å². The van der Waals surface area contributed by atoms with E-state index < -0.39 is 23.5 Å². The van der Waals surface area contributed by atoms with Gasteiger partial charge >= 0.3 is 17.9 Å². The molecule has 27 heavy (non-hydrogen) atoms. The molecule has 0 saturated heterocycles. The van der Waals surface area contributed by atoms with E-state index in [1.807, 2.05) is 6.92 Å². The Morgan fingerprint density at radius 2 is 1.56 bits per heavy atom. The molecule has 0 aromatic carbocycles. The summed E-state index contributed by atoms with van der Waals surface area (Å²) >= 11 is 0. The van der Waals surface area contributed by atoms with Gasteiger partial charge in [0.1, 0.15) is 12.7 Å². The van der Waals surface area contributed by atoms with Crippen LogP contribution in [0.4, 0.5) is 0 Å². The molecule has 0 rings (SSSR count). The van der Waals surface area contributed by atoms with Crippen LogP contribution in [0, 0.1) is 5.41 Å². The van der Waals surface area contributed by atoms with Crippen LogP contribution in [-0.4, -0.2) is 60.7 Å². The molecule has 0 bridgehead atoms. The number of carboxylic acid groups (broad SMARTS) is 2. The molecule has 1 atom stereocenters. The predicted molar refractivity (Wildman–Crippen MR) is 91.5 cm³/mol. The standard InChI is InChI=1S/C17H30O10/c1-4-17(2,3)16(22)23-12-13(27-26-9-5-6-14(18)19)7-10-24-25-11-8-15(20)21/h13H,4-12H2,1-3H3,(H,18,19)(H,20,21). The highest BCUT2D eigenvalue weighted by Gasteiger charge is 2.28. The van der Waals surface area contributed by atoms with Crippen molar-refractivity contribution in [2.24, 2.45) is 5.41 Å². The summed E-state index contributed by atoms with van der Waals surface area (Å²) in [6, 6.07) is 0. The molecule has 0 fully saturated rings. The quantitative estimate of drug-likeness (QED) is 0.163. The number of ether oxygens (including phenoxy) is 1. The molecule has 2 N–H and O–H groups in total. The SMILES string of the molecule is CCC(C)(C)C(=O)OCC(CCOOCCC(=O)O)OOCCCC(=O)O. The van der Waals surface area contributed by atoms with Crippen molar-refractivity contribution in [1.82, 2.24) is 0 Å². The molecule has 0 amide bonds. The Labute approximate surface area is 158 Å². The Kier molecular flexibility index (Phi) is 13.4. The van der Waals surface area contributed by atoms with Crippen LogP contribution in [0.2, 0.25) is 0 Å². The van der Waals surface area contributed by atoms with Crippen molar-refractivity contribution in [3.8, 4) is 0 Å². The second kappa shape index (κ2) is 14.3. The van der Waals surface area contributed by atoms with Crippen molar-refractivity contribution in [2.75, 3.05) is 26.4 Å². The lowest BCUT2D eigenvalue weighted by Crippen LogP contribution is -2.31. The van der Waals surface area contributed by atoms with Crippen LogP contribution in [0.3, 0.4) is 0 Å². The summed E-state index contributed by atoms with van der Waals surface area (Å²) in [6.07, 6.45) is 0.272. The third-order valence-electron chi connectivity index (χ3n) is 3.66. The van der Waals surface area contributed by atoms with E-state index in [0.717, 1.165) is 0 Å². The molecule has 158 valence electrons. The molecule has 0 radical (unpaired) electrons. The van der Waals surface area contributed by atoms with Crippen molar-refractivity contribution < 1.29 is 48.9 Å². The summed E-state index contributed by atoms with van der Waals surface area (Å²) < 4.78 is 5.25. The second-order valence-corrected chi connectivity index (χ2v) is 6.45. The molecule has 0 saturated carbocycles. The van der Waals surface area contributed by atoms with Gasteiger partial charge < -0.3 is 14.9 Å². The van der Waals surface area contributed by atoms with Crippen molar-refractivity contribution in [1.29, 1.82) is 0 Å². The highest BCUT2D eigenvalue weighted by molar-refractivity contribution is 5.75. The number of esters is 1. The summed E-state index contributed by atoms with van der Waals surface area (Å²) in [7, 11) is 0. The summed E-state index contributed by atoms with van der Waals surface area (Å²) in [6.45, 7) is 5.40. The maximum Gasteiger partial charge on any atom is 0.311 e. The molecule has 1 unspecified atom stereocenters. The number of carbonyl (C=O) groups is 3. The molecular formula is C17H30O10. The molecule has 0 aliphatic carbocycles. The summed E-state index contributed by atoms with van der Waals surface area (Å²) in [5.74, 6) is -2.30. The minimum absolute atomic E-state index is 0.0474. The average Bonchev–Trinajstić information content (AvgIpc) is 2.60. The van der Waals surface area contributed by atoms with E-state index >= 15 is 0 Å². The third-order valence-corrected chi connectivity index (χ3v) is 3.66. The van der Waals surface area contributed by atoms with Gasteiger partial charge in [-0.1, -0.05) is 6.92 Å². The zero-order chi connectivity index (χ0) is 20.7. The fourth-order valence-corrected chi connectivity index (χ4v) is 1.52. The Balaban J connectivity index is 4.25. The van der Waals surface area contributed by atoms with Crippen LogP contribution >= 0.6 is 0 Å².